The molecule has 0 radical (unpaired) electrons. The van der Waals surface area contributed by atoms with Crippen LogP contribution in [0.2, 0.25) is 0 Å². The van der Waals surface area contributed by atoms with Gasteiger partial charge in [-0.2, -0.15) is 8.78 Å². The number of ether oxygens (including phenoxy) is 1. The predicted octanol–water partition coefficient (Wildman–Crippen LogP) is 5.37. The maximum Gasteiger partial charge on any atom is 0.387 e. The predicted molar refractivity (Wildman–Crippen MR) is 76.6 cm³/mol. The lowest BCUT2D eigenvalue weighted by molar-refractivity contribution is -0.0498. The van der Waals surface area contributed by atoms with Crippen LogP contribution in [0.1, 0.15) is 27.6 Å². The van der Waals surface area contributed by atoms with Crippen LogP contribution in [0.25, 0.3) is 0 Å². The van der Waals surface area contributed by atoms with Crippen LogP contribution in [0.5, 0.6) is 5.75 Å². The molecule has 0 N–H and O–H groups in total. The summed E-state index contributed by atoms with van der Waals surface area (Å²) in [6.07, 6.45) is 0. The molecule has 0 aliphatic carbocycles. The van der Waals surface area contributed by atoms with Crippen LogP contribution in [0, 0.1) is 19.7 Å². The Morgan fingerprint density at radius 1 is 1.00 bits per heavy atom. The zero-order chi connectivity index (χ0) is 15.6. The van der Waals surface area contributed by atoms with Gasteiger partial charge < -0.3 is 4.74 Å². The number of aryl methyl sites for hydroxylation is 2. The Balaban J connectivity index is 2.30. The third-order valence-electron chi connectivity index (χ3n) is 3.21. The highest BCUT2D eigenvalue weighted by Gasteiger charge is 2.17. The molecule has 0 saturated heterocycles. The monoisotopic (exact) mass is 314 g/mol. The van der Waals surface area contributed by atoms with E-state index >= 15 is 0 Å². The van der Waals surface area contributed by atoms with E-state index in [1.807, 2.05) is 0 Å². The van der Waals surface area contributed by atoms with E-state index in [4.69, 9.17) is 11.6 Å². The highest BCUT2D eigenvalue weighted by atomic mass is 35.5. The SMILES string of the molecule is Cc1cc(F)cc(C)c1C(Cl)c1ccc(OC(F)F)cc1. The average Bonchev–Trinajstić information content (AvgIpc) is 2.37. The number of rotatable bonds is 4. The zero-order valence-electron chi connectivity index (χ0n) is 11.5. The van der Waals surface area contributed by atoms with E-state index in [2.05, 4.69) is 4.74 Å². The molecular weight excluding hydrogens is 301 g/mol. The second-order valence-electron chi connectivity index (χ2n) is 4.76. The molecule has 5 heteroatoms. The molecule has 2 rings (SSSR count). The maximum atomic E-state index is 13.3. The van der Waals surface area contributed by atoms with Gasteiger partial charge in [-0.3, -0.25) is 0 Å². The van der Waals surface area contributed by atoms with Crippen molar-refractivity contribution in [3.05, 3.63) is 64.5 Å². The van der Waals surface area contributed by atoms with Crippen LogP contribution in [-0.2, 0) is 0 Å². The molecule has 2 aromatic carbocycles. The van der Waals surface area contributed by atoms with E-state index in [1.165, 1.54) is 24.3 Å². The minimum absolute atomic E-state index is 0.0742. The van der Waals surface area contributed by atoms with Crippen molar-refractivity contribution >= 4 is 11.6 Å². The fourth-order valence-corrected chi connectivity index (χ4v) is 2.80. The summed E-state index contributed by atoms with van der Waals surface area (Å²) in [5.74, 6) is -0.233. The number of benzene rings is 2. The normalized spacial score (nSPS) is 12.5. The molecule has 112 valence electrons. The second-order valence-corrected chi connectivity index (χ2v) is 5.20. The molecule has 0 spiro atoms. The van der Waals surface area contributed by atoms with Gasteiger partial charge in [0.05, 0.1) is 5.38 Å². The number of hydrogen-bond acceptors (Lipinski definition) is 1. The molecule has 0 aromatic heterocycles. The van der Waals surface area contributed by atoms with Crippen LogP contribution >= 0.6 is 11.6 Å². The molecule has 0 bridgehead atoms. The van der Waals surface area contributed by atoms with Crippen LogP contribution < -0.4 is 4.74 Å². The summed E-state index contributed by atoms with van der Waals surface area (Å²) in [5.41, 5.74) is 3.05. The Kier molecular flexibility index (Phi) is 4.78. The first-order chi connectivity index (χ1) is 9.88. The Morgan fingerprint density at radius 2 is 1.52 bits per heavy atom. The van der Waals surface area contributed by atoms with E-state index in [1.54, 1.807) is 26.0 Å². The number of halogens is 4. The van der Waals surface area contributed by atoms with Gasteiger partial charge in [0.25, 0.3) is 0 Å². The Morgan fingerprint density at radius 3 is 2.00 bits per heavy atom. The van der Waals surface area contributed by atoms with Gasteiger partial charge in [-0.1, -0.05) is 12.1 Å². The molecule has 1 unspecified atom stereocenters. The topological polar surface area (TPSA) is 9.23 Å². The smallest absolute Gasteiger partial charge is 0.387 e. The molecular formula is C16H14ClF3O. The fraction of sp³-hybridized carbons (Fsp3) is 0.250. The summed E-state index contributed by atoms with van der Waals surface area (Å²) in [6.45, 7) is 0.716. The second kappa shape index (κ2) is 6.39. The van der Waals surface area contributed by atoms with Gasteiger partial charge in [0.15, 0.2) is 0 Å². The molecule has 0 aliphatic rings. The van der Waals surface area contributed by atoms with Gasteiger partial charge >= 0.3 is 6.61 Å². The van der Waals surface area contributed by atoms with E-state index in [0.717, 1.165) is 22.3 Å². The lowest BCUT2D eigenvalue weighted by atomic mass is 9.95. The highest BCUT2D eigenvalue weighted by molar-refractivity contribution is 6.22. The molecule has 0 heterocycles. The van der Waals surface area contributed by atoms with E-state index in [-0.39, 0.29) is 11.6 Å². The van der Waals surface area contributed by atoms with Crippen molar-refractivity contribution in [1.82, 2.24) is 0 Å². The number of alkyl halides is 3. The zero-order valence-corrected chi connectivity index (χ0v) is 12.3. The molecule has 0 amide bonds. The summed E-state index contributed by atoms with van der Waals surface area (Å²) >= 11 is 6.44. The third-order valence-corrected chi connectivity index (χ3v) is 3.68. The Labute approximate surface area is 126 Å². The lowest BCUT2D eigenvalue weighted by Gasteiger charge is -2.17. The standard InChI is InChI=1S/C16H14ClF3O/c1-9-7-12(18)8-10(2)14(9)15(17)11-3-5-13(6-4-11)21-16(19)20/h3-8,15-16H,1-2H3. The quantitative estimate of drug-likeness (QED) is 0.689. The summed E-state index contributed by atoms with van der Waals surface area (Å²) in [5, 5.41) is -0.480. The minimum Gasteiger partial charge on any atom is -0.435 e. The van der Waals surface area contributed by atoms with Gasteiger partial charge in [0.1, 0.15) is 11.6 Å². The van der Waals surface area contributed by atoms with Crippen molar-refractivity contribution in [2.45, 2.75) is 25.8 Å². The third kappa shape index (κ3) is 3.70. The van der Waals surface area contributed by atoms with Crippen molar-refractivity contribution < 1.29 is 17.9 Å². The average molecular weight is 315 g/mol. The minimum atomic E-state index is -2.86. The van der Waals surface area contributed by atoms with Crippen LogP contribution in [0.3, 0.4) is 0 Å². The van der Waals surface area contributed by atoms with Crippen molar-refractivity contribution in [3.63, 3.8) is 0 Å². The molecule has 21 heavy (non-hydrogen) atoms. The van der Waals surface area contributed by atoms with Crippen molar-refractivity contribution in [2.75, 3.05) is 0 Å². The molecule has 0 saturated carbocycles. The van der Waals surface area contributed by atoms with Crippen LogP contribution in [-0.4, -0.2) is 6.61 Å². The van der Waals surface area contributed by atoms with Crippen molar-refractivity contribution in [1.29, 1.82) is 0 Å². The first-order valence-corrected chi connectivity index (χ1v) is 6.77. The van der Waals surface area contributed by atoms with E-state index in [9.17, 15) is 13.2 Å². The van der Waals surface area contributed by atoms with Crippen molar-refractivity contribution in [2.24, 2.45) is 0 Å². The fourth-order valence-electron chi connectivity index (χ4n) is 2.31. The van der Waals surface area contributed by atoms with E-state index in [0.29, 0.717) is 0 Å². The van der Waals surface area contributed by atoms with Gasteiger partial charge in [-0.15, -0.1) is 11.6 Å². The lowest BCUT2D eigenvalue weighted by Crippen LogP contribution is -2.03. The summed E-state index contributed by atoms with van der Waals surface area (Å²) in [6, 6.07) is 8.96. The van der Waals surface area contributed by atoms with Gasteiger partial charge in [0.2, 0.25) is 0 Å². The summed E-state index contributed by atoms with van der Waals surface area (Å²) in [4.78, 5) is 0. The summed E-state index contributed by atoms with van der Waals surface area (Å²) < 4.78 is 41.8. The molecule has 2 aromatic rings. The Bertz CT molecular complexity index is 603. The van der Waals surface area contributed by atoms with Gasteiger partial charge in [-0.25, -0.2) is 4.39 Å². The molecule has 1 atom stereocenters. The van der Waals surface area contributed by atoms with Crippen LogP contribution in [0.15, 0.2) is 36.4 Å². The van der Waals surface area contributed by atoms with E-state index < -0.39 is 12.0 Å². The van der Waals surface area contributed by atoms with Crippen molar-refractivity contribution in [3.8, 4) is 5.75 Å². The Hall–Kier alpha value is -1.68. The molecule has 0 fully saturated rings. The highest BCUT2D eigenvalue weighted by Crippen LogP contribution is 2.34. The first kappa shape index (κ1) is 15.7. The first-order valence-electron chi connectivity index (χ1n) is 6.34. The van der Waals surface area contributed by atoms with Crippen LogP contribution in [0.4, 0.5) is 13.2 Å². The maximum absolute atomic E-state index is 13.3. The van der Waals surface area contributed by atoms with Gasteiger partial charge in [0, 0.05) is 0 Å². The molecule has 1 nitrogen and oxygen atoms in total. The van der Waals surface area contributed by atoms with Gasteiger partial charge in [-0.05, 0) is 60.4 Å². The number of hydrogen-bond donors (Lipinski definition) is 0. The molecule has 0 aliphatic heterocycles. The summed E-state index contributed by atoms with van der Waals surface area (Å²) in [7, 11) is 0. The largest absolute Gasteiger partial charge is 0.435 e.